The van der Waals surface area contributed by atoms with Crippen molar-refractivity contribution in [3.05, 3.63) is 23.3 Å². The molecule has 0 saturated carbocycles. The average Bonchev–Trinajstić information content (AvgIpc) is 1.64. The second-order valence-corrected chi connectivity index (χ2v) is 2.16. The first kappa shape index (κ1) is 5.57. The van der Waals surface area contributed by atoms with Gasteiger partial charge in [0.25, 0.3) is 0 Å². The van der Waals surface area contributed by atoms with Gasteiger partial charge in [-0.2, -0.15) is 0 Å². The molecular weight excluding hydrogens is 122 g/mol. The monoisotopic (exact) mass is 127 g/mol. The van der Waals surface area contributed by atoms with Crippen molar-refractivity contribution < 1.29 is 0 Å². The maximum atomic E-state index is 7.11. The summed E-state index contributed by atoms with van der Waals surface area (Å²) in [4.78, 5) is 0. The van der Waals surface area contributed by atoms with Gasteiger partial charge in [0.15, 0.2) is 0 Å². The number of nitrogens with one attached hydrogen (secondary N) is 1. The topological polar surface area (TPSA) is 23.9 Å². The molecule has 0 aliphatic heterocycles. The lowest BCUT2D eigenvalue weighted by Crippen LogP contribution is -1.93. The number of allylic oxidation sites excluding steroid dienone is 4. The van der Waals surface area contributed by atoms with Gasteiger partial charge >= 0.3 is 0 Å². The van der Waals surface area contributed by atoms with E-state index >= 15 is 0 Å². The largest absolute Gasteiger partial charge is 0.305 e. The molecule has 0 unspecified atom stereocenters. The van der Waals surface area contributed by atoms with Crippen LogP contribution in [0.1, 0.15) is 6.42 Å². The van der Waals surface area contributed by atoms with E-state index in [4.69, 9.17) is 17.0 Å². The second-order valence-electron chi connectivity index (χ2n) is 1.67. The van der Waals surface area contributed by atoms with Crippen molar-refractivity contribution in [1.82, 2.24) is 0 Å². The predicted octanol–water partition coefficient (Wildman–Crippen LogP) is 2.09. The molecule has 1 N–H and O–H groups in total. The van der Waals surface area contributed by atoms with Crippen LogP contribution in [0.5, 0.6) is 0 Å². The van der Waals surface area contributed by atoms with Gasteiger partial charge in [0.05, 0.1) is 0 Å². The van der Waals surface area contributed by atoms with E-state index in [1.807, 2.05) is 0 Å². The molecule has 1 rings (SSSR count). The lowest BCUT2D eigenvalue weighted by Gasteiger charge is -1.99. The summed E-state index contributed by atoms with van der Waals surface area (Å²) in [6, 6.07) is 0. The molecule has 1 aliphatic rings. The molecule has 2 heteroatoms. The summed E-state index contributed by atoms with van der Waals surface area (Å²) in [6.45, 7) is 0. The third-order valence-electron chi connectivity index (χ3n) is 0.934. The third-order valence-corrected chi connectivity index (χ3v) is 1.19. The fraction of sp³-hybridized carbons (Fsp3) is 0.167. The molecule has 0 aromatic heterocycles. The van der Waals surface area contributed by atoms with E-state index in [9.17, 15) is 0 Å². The van der Waals surface area contributed by atoms with E-state index in [-0.39, 0.29) is 0 Å². The fourth-order valence-electron chi connectivity index (χ4n) is 0.568. The average molecular weight is 128 g/mol. The van der Waals surface area contributed by atoms with Crippen LogP contribution in [0, 0.1) is 5.41 Å². The summed E-state index contributed by atoms with van der Waals surface area (Å²) >= 11 is 5.58. The van der Waals surface area contributed by atoms with Gasteiger partial charge in [-0.1, -0.05) is 17.7 Å². The van der Waals surface area contributed by atoms with Crippen LogP contribution >= 0.6 is 11.6 Å². The van der Waals surface area contributed by atoms with Gasteiger partial charge in [-0.3, -0.25) is 0 Å². The molecule has 0 heterocycles. The Hall–Kier alpha value is -0.560. The first-order valence-electron chi connectivity index (χ1n) is 2.39. The van der Waals surface area contributed by atoms with E-state index in [2.05, 4.69) is 0 Å². The van der Waals surface area contributed by atoms with Gasteiger partial charge in [0.2, 0.25) is 0 Å². The summed E-state index contributed by atoms with van der Waals surface area (Å²) in [7, 11) is 0. The van der Waals surface area contributed by atoms with Crippen LogP contribution in [-0.4, -0.2) is 5.71 Å². The van der Waals surface area contributed by atoms with Crippen LogP contribution in [0.4, 0.5) is 0 Å². The van der Waals surface area contributed by atoms with Crippen molar-refractivity contribution >= 4 is 17.3 Å². The van der Waals surface area contributed by atoms with Crippen molar-refractivity contribution in [2.75, 3.05) is 0 Å². The smallest absolute Gasteiger partial charge is 0.0366 e. The van der Waals surface area contributed by atoms with Crippen molar-refractivity contribution in [2.45, 2.75) is 6.42 Å². The fourth-order valence-corrected chi connectivity index (χ4v) is 0.785. The molecule has 0 spiro atoms. The maximum absolute atomic E-state index is 7.11. The van der Waals surface area contributed by atoms with Crippen LogP contribution in [0.3, 0.4) is 0 Å². The van der Waals surface area contributed by atoms with Gasteiger partial charge in [0.1, 0.15) is 0 Å². The van der Waals surface area contributed by atoms with E-state index in [0.29, 0.717) is 12.1 Å². The Labute approximate surface area is 53.2 Å². The van der Waals surface area contributed by atoms with Gasteiger partial charge in [-0.15, -0.1) is 0 Å². The Morgan fingerprint density at radius 1 is 1.62 bits per heavy atom. The maximum Gasteiger partial charge on any atom is 0.0366 e. The standard InChI is InChI=1S/C6H6ClN/c7-5-2-1-3-6(8)4-5/h1-3,8H,4H2. The molecule has 8 heavy (non-hydrogen) atoms. The van der Waals surface area contributed by atoms with Crippen LogP contribution in [0.2, 0.25) is 0 Å². The minimum absolute atomic E-state index is 0.581. The normalized spacial score (nSPS) is 18.6. The Morgan fingerprint density at radius 3 is 2.75 bits per heavy atom. The van der Waals surface area contributed by atoms with Crippen LogP contribution in [-0.2, 0) is 0 Å². The van der Waals surface area contributed by atoms with Gasteiger partial charge < -0.3 is 5.41 Å². The summed E-state index contributed by atoms with van der Waals surface area (Å²) in [5, 5.41) is 7.85. The zero-order valence-corrected chi connectivity index (χ0v) is 5.07. The minimum Gasteiger partial charge on any atom is -0.305 e. The van der Waals surface area contributed by atoms with Crippen molar-refractivity contribution in [2.24, 2.45) is 0 Å². The Balaban J connectivity index is 2.73. The Bertz CT molecular complexity index is 167. The van der Waals surface area contributed by atoms with Gasteiger partial charge in [0, 0.05) is 17.2 Å². The quantitative estimate of drug-likeness (QED) is 0.515. The number of hydrogen-bond acceptors (Lipinski definition) is 1. The second kappa shape index (κ2) is 2.14. The zero-order valence-electron chi connectivity index (χ0n) is 4.32. The highest BCUT2D eigenvalue weighted by Crippen LogP contribution is 2.11. The molecule has 0 aromatic rings. The summed E-state index contributed by atoms with van der Waals surface area (Å²) in [5.74, 6) is 0. The van der Waals surface area contributed by atoms with Gasteiger partial charge in [-0.25, -0.2) is 0 Å². The molecule has 0 amide bonds. The van der Waals surface area contributed by atoms with E-state index in [0.717, 1.165) is 5.03 Å². The molecule has 0 saturated heterocycles. The zero-order chi connectivity index (χ0) is 5.98. The van der Waals surface area contributed by atoms with Crippen molar-refractivity contribution in [1.29, 1.82) is 5.41 Å². The molecule has 42 valence electrons. The highest BCUT2D eigenvalue weighted by atomic mass is 35.5. The summed E-state index contributed by atoms with van der Waals surface area (Å²) in [6.07, 6.45) is 5.93. The SMILES string of the molecule is N=C1C=CC=C(Cl)C1. The van der Waals surface area contributed by atoms with Crippen LogP contribution in [0.25, 0.3) is 0 Å². The molecule has 1 nitrogen and oxygen atoms in total. The van der Waals surface area contributed by atoms with Crippen LogP contribution in [0.15, 0.2) is 23.3 Å². The van der Waals surface area contributed by atoms with Gasteiger partial charge in [-0.05, 0) is 12.2 Å². The van der Waals surface area contributed by atoms with E-state index in [1.54, 1.807) is 18.2 Å². The highest BCUT2D eigenvalue weighted by molar-refractivity contribution is 6.31. The number of hydrogen-bond donors (Lipinski definition) is 1. The Kier molecular flexibility index (Phi) is 1.49. The van der Waals surface area contributed by atoms with E-state index in [1.165, 1.54) is 0 Å². The number of halogens is 1. The lowest BCUT2D eigenvalue weighted by atomic mass is 10.2. The molecule has 1 aliphatic carbocycles. The van der Waals surface area contributed by atoms with E-state index < -0.39 is 0 Å². The first-order valence-corrected chi connectivity index (χ1v) is 2.77. The molecule has 0 bridgehead atoms. The minimum atomic E-state index is 0.581. The summed E-state index contributed by atoms with van der Waals surface area (Å²) < 4.78 is 0. The predicted molar refractivity (Wildman–Crippen MR) is 35.4 cm³/mol. The summed E-state index contributed by atoms with van der Waals surface area (Å²) in [5.41, 5.74) is 0.581. The molecule has 0 atom stereocenters. The lowest BCUT2D eigenvalue weighted by molar-refractivity contribution is 1.34. The number of rotatable bonds is 0. The molecule has 0 radical (unpaired) electrons. The Morgan fingerprint density at radius 2 is 2.38 bits per heavy atom. The molecule has 0 fully saturated rings. The first-order chi connectivity index (χ1) is 3.79. The third kappa shape index (κ3) is 1.20. The van der Waals surface area contributed by atoms with Crippen LogP contribution < -0.4 is 0 Å². The highest BCUT2D eigenvalue weighted by Gasteiger charge is 1.98. The molecule has 0 aromatic carbocycles. The van der Waals surface area contributed by atoms with Crippen molar-refractivity contribution in [3.8, 4) is 0 Å². The molecular formula is C6H6ClN. The van der Waals surface area contributed by atoms with Crippen molar-refractivity contribution in [3.63, 3.8) is 0 Å².